The fourth-order valence-corrected chi connectivity index (χ4v) is 4.13. The van der Waals surface area contributed by atoms with Gasteiger partial charge < -0.3 is 10.8 Å². The van der Waals surface area contributed by atoms with Crippen molar-refractivity contribution in [2.24, 2.45) is 11.7 Å². The summed E-state index contributed by atoms with van der Waals surface area (Å²) in [5.41, 5.74) is 11.8. The first-order valence-electron chi connectivity index (χ1n) is 10.2. The van der Waals surface area contributed by atoms with Gasteiger partial charge in [0.15, 0.2) is 5.82 Å². The van der Waals surface area contributed by atoms with Crippen LogP contribution in [-0.2, 0) is 30.5 Å². The third-order valence-corrected chi connectivity index (χ3v) is 5.84. The molecule has 1 aliphatic carbocycles. The van der Waals surface area contributed by atoms with Gasteiger partial charge in [-0.3, -0.25) is 4.79 Å². The minimum absolute atomic E-state index is 0.240. The lowest BCUT2D eigenvalue weighted by atomic mass is 9.97. The highest BCUT2D eigenvalue weighted by molar-refractivity contribution is 6.30. The maximum absolute atomic E-state index is 11.4. The second kappa shape index (κ2) is 8.94. The number of nitrogens with two attached hydrogens (primary N) is 1. The average Bonchev–Trinajstić information content (AvgIpc) is 3.22. The zero-order chi connectivity index (χ0) is 21.1. The van der Waals surface area contributed by atoms with Crippen LogP contribution >= 0.6 is 11.6 Å². The number of halogens is 1. The van der Waals surface area contributed by atoms with Crippen molar-refractivity contribution in [2.75, 3.05) is 6.61 Å². The van der Waals surface area contributed by atoms with Crippen molar-refractivity contribution in [1.29, 1.82) is 0 Å². The Labute approximate surface area is 180 Å². The van der Waals surface area contributed by atoms with Gasteiger partial charge in [0.2, 0.25) is 5.91 Å². The quantitative estimate of drug-likeness (QED) is 0.610. The number of primary amides is 1. The average molecular weight is 422 g/mol. The zero-order valence-corrected chi connectivity index (χ0v) is 17.4. The number of aliphatic hydroxyl groups is 1. The lowest BCUT2D eigenvalue weighted by molar-refractivity contribution is -0.122. The Kier molecular flexibility index (Phi) is 6.11. The van der Waals surface area contributed by atoms with Crippen LogP contribution in [0.4, 0.5) is 0 Å². The summed E-state index contributed by atoms with van der Waals surface area (Å²) < 4.78 is 0. The molecule has 1 aliphatic rings. The predicted molar refractivity (Wildman–Crippen MR) is 117 cm³/mol. The number of amides is 1. The number of hydrogen-bond acceptors (Lipinski definition) is 4. The highest BCUT2D eigenvalue weighted by atomic mass is 35.5. The zero-order valence-electron chi connectivity index (χ0n) is 16.6. The van der Waals surface area contributed by atoms with Crippen LogP contribution in [0.3, 0.4) is 0 Å². The molecule has 1 atom stereocenters. The van der Waals surface area contributed by atoms with Crippen LogP contribution < -0.4 is 5.73 Å². The van der Waals surface area contributed by atoms with E-state index in [1.807, 2.05) is 48.5 Å². The van der Waals surface area contributed by atoms with Crippen LogP contribution in [0.2, 0.25) is 5.02 Å². The molecule has 4 rings (SSSR count). The molecule has 1 unspecified atom stereocenters. The summed E-state index contributed by atoms with van der Waals surface area (Å²) in [5.74, 6) is -0.315. The van der Waals surface area contributed by atoms with E-state index >= 15 is 0 Å². The van der Waals surface area contributed by atoms with E-state index in [9.17, 15) is 9.90 Å². The van der Waals surface area contributed by atoms with E-state index in [1.165, 1.54) is 5.56 Å². The molecule has 0 fully saturated rings. The molecule has 1 amide bonds. The van der Waals surface area contributed by atoms with Crippen molar-refractivity contribution in [3.63, 3.8) is 0 Å². The summed E-state index contributed by atoms with van der Waals surface area (Å²) in [4.78, 5) is 21.1. The number of fused-ring (bicyclic) bond motifs is 1. The van der Waals surface area contributed by atoms with Crippen LogP contribution in [0.25, 0.3) is 11.4 Å². The smallest absolute Gasteiger partial charge is 0.223 e. The third-order valence-electron chi connectivity index (χ3n) is 5.60. The highest BCUT2D eigenvalue weighted by Crippen LogP contribution is 2.28. The van der Waals surface area contributed by atoms with Crippen LogP contribution in [0.1, 0.15) is 34.5 Å². The molecule has 0 aliphatic heterocycles. The summed E-state index contributed by atoms with van der Waals surface area (Å²) in [7, 11) is 0. The molecule has 154 valence electrons. The van der Waals surface area contributed by atoms with Gasteiger partial charge in [0, 0.05) is 22.7 Å². The largest absolute Gasteiger partial charge is 0.396 e. The molecule has 0 saturated heterocycles. The second-order valence-electron chi connectivity index (χ2n) is 7.76. The van der Waals surface area contributed by atoms with Crippen LogP contribution in [0, 0.1) is 5.92 Å². The molecule has 1 aromatic heterocycles. The van der Waals surface area contributed by atoms with Gasteiger partial charge in [0.1, 0.15) is 0 Å². The van der Waals surface area contributed by atoms with Crippen molar-refractivity contribution < 1.29 is 9.90 Å². The van der Waals surface area contributed by atoms with Gasteiger partial charge in [0.05, 0.1) is 18.2 Å². The number of hydrogen-bond donors (Lipinski definition) is 2. The maximum Gasteiger partial charge on any atom is 0.223 e. The first-order valence-corrected chi connectivity index (χ1v) is 10.5. The molecule has 30 heavy (non-hydrogen) atoms. The van der Waals surface area contributed by atoms with Crippen molar-refractivity contribution in [1.82, 2.24) is 9.97 Å². The summed E-state index contributed by atoms with van der Waals surface area (Å²) >= 11 is 6.16. The topological polar surface area (TPSA) is 89.1 Å². The van der Waals surface area contributed by atoms with Crippen LogP contribution in [0.15, 0.2) is 48.5 Å². The lowest BCUT2D eigenvalue weighted by Crippen LogP contribution is -2.27. The van der Waals surface area contributed by atoms with Crippen molar-refractivity contribution in [3.05, 3.63) is 81.6 Å². The maximum atomic E-state index is 11.4. The Morgan fingerprint density at radius 1 is 1.10 bits per heavy atom. The van der Waals surface area contributed by atoms with E-state index < -0.39 is 11.8 Å². The first kappa shape index (κ1) is 20.5. The Morgan fingerprint density at radius 3 is 2.57 bits per heavy atom. The minimum atomic E-state index is -0.554. The van der Waals surface area contributed by atoms with Crippen molar-refractivity contribution in [2.45, 2.75) is 32.1 Å². The molecule has 0 bridgehead atoms. The molecule has 2 aromatic carbocycles. The van der Waals surface area contributed by atoms with Gasteiger partial charge in [-0.05, 0) is 54.5 Å². The third kappa shape index (κ3) is 4.53. The molecule has 3 N–H and O–H groups in total. The van der Waals surface area contributed by atoms with Crippen LogP contribution in [-0.4, -0.2) is 27.6 Å². The van der Waals surface area contributed by atoms with E-state index in [-0.39, 0.29) is 6.61 Å². The summed E-state index contributed by atoms with van der Waals surface area (Å²) in [6.45, 7) is -0.240. The van der Waals surface area contributed by atoms with Gasteiger partial charge >= 0.3 is 0 Å². The Balaban J connectivity index is 1.59. The molecule has 1 heterocycles. The number of benzene rings is 2. The first-order chi connectivity index (χ1) is 14.5. The standard InChI is InChI=1S/C24H24ClN3O2/c25-19-4-1-3-17(13-19)24-27-21-6-2-5-20(21)22(28-24)12-16-9-7-15(8-10-16)11-18(14-29)23(26)30/h1,3-4,7-10,13,18,29H,2,5-6,11-12,14H2,(H2,26,30). The van der Waals surface area contributed by atoms with Gasteiger partial charge in [-0.1, -0.05) is 48.0 Å². The van der Waals surface area contributed by atoms with Gasteiger partial charge in [-0.25, -0.2) is 9.97 Å². The minimum Gasteiger partial charge on any atom is -0.396 e. The lowest BCUT2D eigenvalue weighted by Gasteiger charge is -2.12. The Bertz CT molecular complexity index is 1070. The number of aliphatic hydroxyl groups excluding tert-OH is 1. The number of carbonyl (C=O) groups excluding carboxylic acids is 1. The fourth-order valence-electron chi connectivity index (χ4n) is 3.94. The van der Waals surface area contributed by atoms with E-state index in [4.69, 9.17) is 27.3 Å². The summed E-state index contributed by atoms with van der Waals surface area (Å²) in [5, 5.41) is 9.98. The van der Waals surface area contributed by atoms with Crippen LogP contribution in [0.5, 0.6) is 0 Å². The Hall–Kier alpha value is -2.76. The predicted octanol–water partition coefficient (Wildman–Crippen LogP) is 3.51. The molecule has 6 heteroatoms. The molecular weight excluding hydrogens is 398 g/mol. The molecule has 3 aromatic rings. The molecule has 5 nitrogen and oxygen atoms in total. The van der Waals surface area contributed by atoms with Gasteiger partial charge in [0.25, 0.3) is 0 Å². The molecule has 0 saturated carbocycles. The van der Waals surface area contributed by atoms with E-state index in [1.54, 1.807) is 0 Å². The monoisotopic (exact) mass is 421 g/mol. The van der Waals surface area contributed by atoms with E-state index in [0.717, 1.165) is 59.6 Å². The number of aromatic nitrogens is 2. The van der Waals surface area contributed by atoms with E-state index in [0.29, 0.717) is 11.4 Å². The number of rotatable bonds is 7. The molecular formula is C24H24ClN3O2. The summed E-state index contributed by atoms with van der Waals surface area (Å²) in [6.07, 6.45) is 4.25. The normalized spacial score (nSPS) is 13.8. The van der Waals surface area contributed by atoms with Gasteiger partial charge in [-0.2, -0.15) is 0 Å². The highest BCUT2D eigenvalue weighted by Gasteiger charge is 2.20. The van der Waals surface area contributed by atoms with Crippen molar-refractivity contribution >= 4 is 17.5 Å². The SMILES string of the molecule is NC(=O)C(CO)Cc1ccc(Cc2nc(-c3cccc(Cl)c3)nc3c2CCC3)cc1. The molecule has 0 spiro atoms. The number of nitrogens with zero attached hydrogens (tertiary/aromatic N) is 2. The number of carbonyl (C=O) groups is 1. The van der Waals surface area contributed by atoms with Gasteiger partial charge in [-0.15, -0.1) is 0 Å². The van der Waals surface area contributed by atoms with Crippen molar-refractivity contribution in [3.8, 4) is 11.4 Å². The summed E-state index contributed by atoms with van der Waals surface area (Å²) in [6, 6.07) is 15.7. The fraction of sp³-hybridized carbons (Fsp3) is 0.292. The molecule has 0 radical (unpaired) electrons. The number of aryl methyl sites for hydroxylation is 1. The second-order valence-corrected chi connectivity index (χ2v) is 8.20. The van der Waals surface area contributed by atoms with E-state index in [2.05, 4.69) is 0 Å². The Morgan fingerprint density at radius 2 is 1.87 bits per heavy atom.